The van der Waals surface area contributed by atoms with Crippen LogP contribution in [-0.2, 0) is 26.1 Å². The smallest absolute Gasteiger partial charge is 0.348 e. The van der Waals surface area contributed by atoms with Crippen LogP contribution in [0.4, 0.5) is 5.69 Å². The second-order valence-corrected chi connectivity index (χ2v) is 11.9. The Balaban J connectivity index is 1.58. The second-order valence-electron chi connectivity index (χ2n) is 8.87. The Morgan fingerprint density at radius 3 is 2.74 bits per heavy atom. The third-order valence-electron chi connectivity index (χ3n) is 6.26. The van der Waals surface area contributed by atoms with Gasteiger partial charge in [-0.3, -0.25) is 4.31 Å². The zero-order valence-electron chi connectivity index (χ0n) is 19.9. The number of ether oxygens (including phenoxy) is 2. The van der Waals surface area contributed by atoms with Gasteiger partial charge in [-0.05, 0) is 53.9 Å². The van der Waals surface area contributed by atoms with Gasteiger partial charge >= 0.3 is 5.97 Å². The zero-order valence-corrected chi connectivity index (χ0v) is 21.6. The summed E-state index contributed by atoms with van der Waals surface area (Å²) in [5.41, 5.74) is 1.13. The standard InChI is InChI=1S/C26H28N2O5S2/c1-4-33-26(29)25-11-9-21(34-25)14-32-15-24-23(17(2)3)16-35(30,31)28(24)20-8-10-22-18(12-20)6-5-7-19(22)13-27/h5-12,17,23-24H,4,14-16H2,1-3H3. The fourth-order valence-corrected chi connectivity index (χ4v) is 7.71. The summed E-state index contributed by atoms with van der Waals surface area (Å²) in [6.07, 6.45) is 0. The van der Waals surface area contributed by atoms with E-state index in [0.29, 0.717) is 22.7 Å². The van der Waals surface area contributed by atoms with Crippen LogP contribution in [0, 0.1) is 23.2 Å². The number of carbonyl (C=O) groups excluding carboxylic acids is 1. The molecule has 184 valence electrons. The van der Waals surface area contributed by atoms with Gasteiger partial charge in [-0.2, -0.15) is 5.26 Å². The highest BCUT2D eigenvalue weighted by Crippen LogP contribution is 2.38. The van der Waals surface area contributed by atoms with Gasteiger partial charge in [0.2, 0.25) is 10.0 Å². The number of nitrogens with zero attached hydrogens (tertiary/aromatic N) is 2. The zero-order chi connectivity index (χ0) is 25.2. The van der Waals surface area contributed by atoms with Crippen molar-refractivity contribution in [1.29, 1.82) is 5.26 Å². The van der Waals surface area contributed by atoms with E-state index in [1.165, 1.54) is 15.6 Å². The van der Waals surface area contributed by atoms with Gasteiger partial charge in [-0.1, -0.05) is 32.0 Å². The Hall–Kier alpha value is -2.93. The molecule has 0 radical (unpaired) electrons. The fourth-order valence-electron chi connectivity index (χ4n) is 4.55. The van der Waals surface area contributed by atoms with Gasteiger partial charge < -0.3 is 9.47 Å². The number of hydrogen-bond donors (Lipinski definition) is 0. The minimum atomic E-state index is -3.55. The van der Waals surface area contributed by atoms with Gasteiger partial charge in [0.25, 0.3) is 0 Å². The second kappa shape index (κ2) is 10.4. The van der Waals surface area contributed by atoms with Gasteiger partial charge in [-0.25, -0.2) is 13.2 Å². The van der Waals surface area contributed by atoms with Gasteiger partial charge in [-0.15, -0.1) is 11.3 Å². The first-order valence-corrected chi connectivity index (χ1v) is 14.0. The maximum Gasteiger partial charge on any atom is 0.348 e. The van der Waals surface area contributed by atoms with Crippen molar-refractivity contribution in [3.63, 3.8) is 0 Å². The summed E-state index contributed by atoms with van der Waals surface area (Å²) in [4.78, 5) is 13.3. The van der Waals surface area contributed by atoms with Gasteiger partial charge in [0, 0.05) is 10.8 Å². The van der Waals surface area contributed by atoms with Crippen molar-refractivity contribution in [2.24, 2.45) is 11.8 Å². The molecule has 2 atom stereocenters. The molecule has 0 N–H and O–H groups in total. The van der Waals surface area contributed by atoms with E-state index in [-0.39, 0.29) is 42.8 Å². The van der Waals surface area contributed by atoms with Gasteiger partial charge in [0.05, 0.1) is 48.9 Å². The van der Waals surface area contributed by atoms with Crippen LogP contribution in [0.25, 0.3) is 10.8 Å². The Kier molecular flexibility index (Phi) is 7.45. The number of thiophene rings is 1. The predicted octanol–water partition coefficient (Wildman–Crippen LogP) is 4.96. The average molecular weight is 513 g/mol. The molecule has 0 bridgehead atoms. The van der Waals surface area contributed by atoms with E-state index >= 15 is 0 Å². The third-order valence-corrected chi connectivity index (χ3v) is 9.19. The van der Waals surface area contributed by atoms with Crippen molar-refractivity contribution in [2.75, 3.05) is 23.3 Å². The number of nitriles is 1. The maximum absolute atomic E-state index is 13.3. The minimum absolute atomic E-state index is 0.0565. The van der Waals surface area contributed by atoms with E-state index in [1.54, 1.807) is 31.2 Å². The topological polar surface area (TPSA) is 96.7 Å². The summed E-state index contributed by atoms with van der Waals surface area (Å²) >= 11 is 1.31. The number of rotatable bonds is 8. The SMILES string of the molecule is CCOC(=O)c1ccc(COCC2C(C(C)C)CS(=O)(=O)N2c2ccc3c(C#N)cccc3c2)s1. The van der Waals surface area contributed by atoms with Crippen LogP contribution < -0.4 is 4.31 Å². The highest BCUT2D eigenvalue weighted by Gasteiger charge is 2.46. The van der Waals surface area contributed by atoms with Crippen LogP contribution in [0.3, 0.4) is 0 Å². The van der Waals surface area contributed by atoms with Crippen LogP contribution >= 0.6 is 11.3 Å². The highest BCUT2D eigenvalue weighted by molar-refractivity contribution is 7.93. The van der Waals surface area contributed by atoms with Crippen molar-refractivity contribution in [3.05, 3.63) is 63.8 Å². The molecule has 0 aliphatic carbocycles. The maximum atomic E-state index is 13.3. The Morgan fingerprint density at radius 1 is 1.23 bits per heavy atom. The summed E-state index contributed by atoms with van der Waals surface area (Å²) in [6.45, 7) is 6.65. The first-order valence-electron chi connectivity index (χ1n) is 11.5. The van der Waals surface area contributed by atoms with E-state index in [4.69, 9.17) is 9.47 Å². The molecule has 0 saturated carbocycles. The van der Waals surface area contributed by atoms with E-state index in [1.807, 2.05) is 38.1 Å². The first kappa shape index (κ1) is 25.2. The van der Waals surface area contributed by atoms with Crippen LogP contribution in [0.15, 0.2) is 48.5 Å². The monoisotopic (exact) mass is 512 g/mol. The molecule has 7 nitrogen and oxygen atoms in total. The average Bonchev–Trinajstić information content (AvgIpc) is 3.40. The number of esters is 1. The predicted molar refractivity (Wildman–Crippen MR) is 137 cm³/mol. The number of carbonyl (C=O) groups is 1. The normalized spacial score (nSPS) is 19.2. The Labute approximate surface area is 209 Å². The van der Waals surface area contributed by atoms with Crippen molar-refractivity contribution in [2.45, 2.75) is 33.4 Å². The molecule has 2 unspecified atom stereocenters. The molecule has 2 heterocycles. The molecule has 1 aliphatic heterocycles. The molecule has 1 aliphatic rings. The fraction of sp³-hybridized carbons (Fsp3) is 0.385. The molecular weight excluding hydrogens is 484 g/mol. The lowest BCUT2D eigenvalue weighted by molar-refractivity contribution is 0.0532. The van der Waals surface area contributed by atoms with Gasteiger partial charge in [0.1, 0.15) is 4.88 Å². The van der Waals surface area contributed by atoms with Crippen molar-refractivity contribution < 1.29 is 22.7 Å². The van der Waals surface area contributed by atoms with Crippen LogP contribution in [-0.4, -0.2) is 39.4 Å². The highest BCUT2D eigenvalue weighted by atomic mass is 32.2. The summed E-state index contributed by atoms with van der Waals surface area (Å²) in [5, 5.41) is 11.0. The third kappa shape index (κ3) is 5.20. The minimum Gasteiger partial charge on any atom is -0.462 e. The van der Waals surface area contributed by atoms with Gasteiger partial charge in [0.15, 0.2) is 0 Å². The number of sulfonamides is 1. The molecule has 0 spiro atoms. The lowest BCUT2D eigenvalue weighted by Gasteiger charge is -2.29. The summed E-state index contributed by atoms with van der Waals surface area (Å²) < 4.78 is 39.1. The van der Waals surface area contributed by atoms with Crippen molar-refractivity contribution in [1.82, 2.24) is 0 Å². The van der Waals surface area contributed by atoms with E-state index in [0.717, 1.165) is 15.6 Å². The van der Waals surface area contributed by atoms with Crippen LogP contribution in [0.5, 0.6) is 0 Å². The van der Waals surface area contributed by atoms with E-state index < -0.39 is 10.0 Å². The molecule has 3 aromatic rings. The molecule has 1 fully saturated rings. The number of hydrogen-bond acceptors (Lipinski definition) is 7. The van der Waals surface area contributed by atoms with Crippen molar-refractivity contribution in [3.8, 4) is 6.07 Å². The number of fused-ring (bicyclic) bond motifs is 1. The van der Waals surface area contributed by atoms with Crippen LogP contribution in [0.2, 0.25) is 0 Å². The molecule has 1 aromatic heterocycles. The molecular formula is C26H28N2O5S2. The Morgan fingerprint density at radius 2 is 2.03 bits per heavy atom. The lowest BCUT2D eigenvalue weighted by atomic mass is 9.90. The lowest BCUT2D eigenvalue weighted by Crippen LogP contribution is -2.40. The number of anilines is 1. The number of benzene rings is 2. The largest absolute Gasteiger partial charge is 0.462 e. The summed E-state index contributed by atoms with van der Waals surface area (Å²) in [6, 6.07) is 16.2. The van der Waals surface area contributed by atoms with Crippen LogP contribution in [0.1, 0.15) is 40.9 Å². The molecule has 1 saturated heterocycles. The molecule has 0 amide bonds. The van der Waals surface area contributed by atoms with E-state index in [9.17, 15) is 18.5 Å². The molecule has 9 heteroatoms. The molecule has 4 rings (SSSR count). The van der Waals surface area contributed by atoms with Crippen molar-refractivity contribution >= 4 is 43.8 Å². The summed E-state index contributed by atoms with van der Waals surface area (Å²) in [5.74, 6) is -0.251. The quantitative estimate of drug-likeness (QED) is 0.396. The van der Waals surface area contributed by atoms with E-state index in [2.05, 4.69) is 6.07 Å². The molecule has 35 heavy (non-hydrogen) atoms. The summed E-state index contributed by atoms with van der Waals surface area (Å²) in [7, 11) is -3.55. The first-order chi connectivity index (χ1) is 16.7. The Bertz CT molecular complexity index is 1370. The molecule has 2 aromatic carbocycles.